The van der Waals surface area contributed by atoms with Crippen molar-refractivity contribution in [2.75, 3.05) is 18.1 Å². The molecule has 0 fully saturated rings. The van der Waals surface area contributed by atoms with Gasteiger partial charge in [0.25, 0.3) is 5.91 Å². The van der Waals surface area contributed by atoms with Gasteiger partial charge in [0.1, 0.15) is 0 Å². The lowest BCUT2D eigenvalue weighted by Gasteiger charge is -2.23. The molecule has 0 aliphatic heterocycles. The number of amides is 1. The largest absolute Gasteiger partial charge is 0.456 e. The maximum absolute atomic E-state index is 12.5. The van der Waals surface area contributed by atoms with Gasteiger partial charge in [0.05, 0.1) is 0 Å². The minimum atomic E-state index is -0.423. The van der Waals surface area contributed by atoms with Crippen molar-refractivity contribution in [3.63, 3.8) is 0 Å². The van der Waals surface area contributed by atoms with Crippen LogP contribution in [0.1, 0.15) is 109 Å². The van der Waals surface area contributed by atoms with Crippen LogP contribution in [0.15, 0.2) is 24.3 Å². The van der Waals surface area contributed by atoms with Gasteiger partial charge in [-0.15, -0.1) is 0 Å². The van der Waals surface area contributed by atoms with Gasteiger partial charge in [-0.1, -0.05) is 108 Å². The maximum atomic E-state index is 12.5. The van der Waals surface area contributed by atoms with Crippen LogP contribution in [-0.4, -0.2) is 25.0 Å². The average molecular weight is 432 g/mol. The lowest BCUT2D eigenvalue weighted by Crippen LogP contribution is -2.35. The molecule has 0 saturated heterocycles. The smallest absolute Gasteiger partial charge is 0.303 e. The second kappa shape index (κ2) is 17.8. The van der Waals surface area contributed by atoms with Crippen molar-refractivity contribution in [2.24, 2.45) is 0 Å². The Morgan fingerprint density at radius 1 is 0.742 bits per heavy atom. The fourth-order valence-corrected chi connectivity index (χ4v) is 3.83. The third-order valence-electron chi connectivity index (χ3n) is 5.78. The number of carbonyl (C=O) groups excluding carboxylic acids is 2. The zero-order valence-electron chi connectivity index (χ0n) is 20.3. The van der Waals surface area contributed by atoms with E-state index >= 15 is 0 Å². The van der Waals surface area contributed by atoms with E-state index in [4.69, 9.17) is 4.74 Å². The zero-order chi connectivity index (χ0) is 22.7. The Labute approximate surface area is 190 Å². The fourth-order valence-electron chi connectivity index (χ4n) is 3.83. The van der Waals surface area contributed by atoms with Gasteiger partial charge in [0, 0.05) is 19.2 Å². The lowest BCUT2D eigenvalue weighted by atomic mass is 10.0. The Balaban J connectivity index is 2.17. The first-order chi connectivity index (χ1) is 15.0. The van der Waals surface area contributed by atoms with Crippen molar-refractivity contribution < 1.29 is 14.3 Å². The van der Waals surface area contributed by atoms with Gasteiger partial charge >= 0.3 is 5.97 Å². The van der Waals surface area contributed by atoms with Crippen LogP contribution in [0.5, 0.6) is 0 Å². The van der Waals surface area contributed by atoms with E-state index in [9.17, 15) is 9.59 Å². The number of ether oxygens (including phenoxy) is 1. The van der Waals surface area contributed by atoms with E-state index < -0.39 is 5.97 Å². The fraction of sp³-hybridized carbons (Fsp3) is 0.704. The van der Waals surface area contributed by atoms with Crippen molar-refractivity contribution >= 4 is 17.6 Å². The average Bonchev–Trinajstić information content (AvgIpc) is 2.75. The number of hydrogen-bond donors (Lipinski definition) is 0. The molecule has 0 bridgehead atoms. The Hall–Kier alpha value is -1.84. The summed E-state index contributed by atoms with van der Waals surface area (Å²) in [4.78, 5) is 25.4. The lowest BCUT2D eigenvalue weighted by molar-refractivity contribution is -0.145. The molecule has 0 heterocycles. The molecule has 4 nitrogen and oxygen atoms in total. The van der Waals surface area contributed by atoms with E-state index in [-0.39, 0.29) is 12.5 Å². The van der Waals surface area contributed by atoms with Crippen molar-refractivity contribution in [1.82, 2.24) is 0 Å². The molecule has 0 aromatic heterocycles. The number of rotatable bonds is 18. The highest BCUT2D eigenvalue weighted by molar-refractivity contribution is 5.95. The molecular formula is C27H45NO3. The molecule has 0 radical (unpaired) electrons. The van der Waals surface area contributed by atoms with Gasteiger partial charge in [-0.3, -0.25) is 9.59 Å². The van der Waals surface area contributed by atoms with E-state index in [1.54, 1.807) is 4.90 Å². The van der Waals surface area contributed by atoms with Crippen LogP contribution >= 0.6 is 0 Å². The summed E-state index contributed by atoms with van der Waals surface area (Å²) in [6, 6.07) is 7.94. The Kier molecular flexibility index (Phi) is 15.6. The predicted octanol–water partition coefficient (Wildman–Crippen LogP) is 7.37. The molecule has 4 heteroatoms. The number of unbranched alkanes of at least 4 members (excludes halogenated alkanes) is 13. The first-order valence-corrected chi connectivity index (χ1v) is 12.5. The highest BCUT2D eigenvalue weighted by Gasteiger charge is 2.16. The highest BCUT2D eigenvalue weighted by atomic mass is 16.5. The Morgan fingerprint density at radius 2 is 1.19 bits per heavy atom. The molecule has 1 rings (SSSR count). The first kappa shape index (κ1) is 27.2. The molecule has 1 amide bonds. The predicted molar refractivity (Wildman–Crippen MR) is 130 cm³/mol. The Bertz CT molecular complexity index is 597. The molecule has 0 N–H and O–H groups in total. The van der Waals surface area contributed by atoms with E-state index in [0.29, 0.717) is 6.54 Å². The highest BCUT2D eigenvalue weighted by Crippen LogP contribution is 2.18. The van der Waals surface area contributed by atoms with E-state index in [2.05, 4.69) is 6.92 Å². The SMILES string of the molecule is CCCCCCCCCCCCCCCCN(C(=O)COC(C)=O)c1ccc(C)cc1. The van der Waals surface area contributed by atoms with Gasteiger partial charge in [-0.25, -0.2) is 0 Å². The first-order valence-electron chi connectivity index (χ1n) is 12.5. The summed E-state index contributed by atoms with van der Waals surface area (Å²) in [7, 11) is 0. The molecule has 1 aromatic rings. The molecule has 31 heavy (non-hydrogen) atoms. The number of aryl methyl sites for hydroxylation is 1. The van der Waals surface area contributed by atoms with Gasteiger partial charge < -0.3 is 9.64 Å². The van der Waals surface area contributed by atoms with Crippen LogP contribution in [0.3, 0.4) is 0 Å². The van der Waals surface area contributed by atoms with Crippen LogP contribution in [0.25, 0.3) is 0 Å². The van der Waals surface area contributed by atoms with Crippen LogP contribution in [0.4, 0.5) is 5.69 Å². The molecule has 0 saturated carbocycles. The number of benzene rings is 1. The van der Waals surface area contributed by atoms with Crippen LogP contribution in [0.2, 0.25) is 0 Å². The molecule has 0 unspecified atom stereocenters. The minimum absolute atomic E-state index is 0.159. The van der Waals surface area contributed by atoms with Crippen LogP contribution < -0.4 is 4.90 Å². The van der Waals surface area contributed by atoms with Gasteiger partial charge in [0.15, 0.2) is 6.61 Å². The summed E-state index contributed by atoms with van der Waals surface area (Å²) >= 11 is 0. The Morgan fingerprint density at radius 3 is 1.65 bits per heavy atom. The molecule has 0 aliphatic carbocycles. The second-order valence-electron chi connectivity index (χ2n) is 8.76. The number of hydrogen-bond acceptors (Lipinski definition) is 3. The van der Waals surface area contributed by atoms with E-state index in [1.165, 1.54) is 84.0 Å². The normalized spacial score (nSPS) is 10.8. The molecular weight excluding hydrogens is 386 g/mol. The van der Waals surface area contributed by atoms with E-state index in [1.807, 2.05) is 31.2 Å². The van der Waals surface area contributed by atoms with Crippen molar-refractivity contribution in [3.8, 4) is 0 Å². The molecule has 0 spiro atoms. The molecule has 176 valence electrons. The maximum Gasteiger partial charge on any atom is 0.303 e. The van der Waals surface area contributed by atoms with Gasteiger partial charge in [-0.05, 0) is 25.5 Å². The number of carbonyl (C=O) groups is 2. The standard InChI is InChI=1S/C27H45NO3/c1-4-5-6-7-8-9-10-11-12-13-14-15-16-17-22-28(27(30)23-31-25(3)29)26-20-18-24(2)19-21-26/h18-21H,4-17,22-23H2,1-3H3. The third kappa shape index (κ3) is 14.0. The van der Waals surface area contributed by atoms with Crippen molar-refractivity contribution in [3.05, 3.63) is 29.8 Å². The van der Waals surface area contributed by atoms with E-state index in [0.717, 1.165) is 24.1 Å². The molecule has 0 atom stereocenters. The summed E-state index contributed by atoms with van der Waals surface area (Å²) in [5, 5.41) is 0. The molecule has 1 aromatic carbocycles. The zero-order valence-corrected chi connectivity index (χ0v) is 20.3. The number of anilines is 1. The van der Waals surface area contributed by atoms with Crippen molar-refractivity contribution in [2.45, 2.75) is 111 Å². The number of nitrogens with zero attached hydrogens (tertiary/aromatic N) is 1. The van der Waals surface area contributed by atoms with Gasteiger partial charge in [-0.2, -0.15) is 0 Å². The topological polar surface area (TPSA) is 46.6 Å². The van der Waals surface area contributed by atoms with Crippen LogP contribution in [-0.2, 0) is 14.3 Å². The number of esters is 1. The van der Waals surface area contributed by atoms with Gasteiger partial charge in [0.2, 0.25) is 0 Å². The van der Waals surface area contributed by atoms with Crippen molar-refractivity contribution in [1.29, 1.82) is 0 Å². The summed E-state index contributed by atoms with van der Waals surface area (Å²) < 4.78 is 4.92. The summed E-state index contributed by atoms with van der Waals surface area (Å²) in [6.45, 7) is 6.11. The summed E-state index contributed by atoms with van der Waals surface area (Å²) in [5.41, 5.74) is 2.03. The quantitative estimate of drug-likeness (QED) is 0.180. The summed E-state index contributed by atoms with van der Waals surface area (Å²) in [6.07, 6.45) is 18.4. The second-order valence-corrected chi connectivity index (χ2v) is 8.76. The summed E-state index contributed by atoms with van der Waals surface area (Å²) in [5.74, 6) is -0.581. The van der Waals surface area contributed by atoms with Crippen LogP contribution in [0, 0.1) is 6.92 Å². The third-order valence-corrected chi connectivity index (χ3v) is 5.78. The minimum Gasteiger partial charge on any atom is -0.456 e. The monoisotopic (exact) mass is 431 g/mol. The molecule has 0 aliphatic rings.